The Bertz CT molecular complexity index is 908. The van der Waals surface area contributed by atoms with Crippen LogP contribution in [0.4, 0.5) is 0 Å². The highest BCUT2D eigenvalue weighted by Crippen LogP contribution is 2.60. The van der Waals surface area contributed by atoms with Crippen molar-refractivity contribution in [2.24, 2.45) is 23.2 Å². The summed E-state index contributed by atoms with van der Waals surface area (Å²) in [7, 11) is 0. The highest BCUT2D eigenvalue weighted by molar-refractivity contribution is 5.26. The van der Waals surface area contributed by atoms with Crippen molar-refractivity contribution in [2.45, 2.75) is 148 Å². The molecule has 3 fully saturated rings. The first-order chi connectivity index (χ1) is 18.8. The zero-order valence-electron chi connectivity index (χ0n) is 28.2. The largest absolute Gasteiger partial charge is 0.393 e. The smallest absolute Gasteiger partial charge is 0.0602 e. The predicted molar refractivity (Wildman–Crippen MR) is 144 cm³/mol. The van der Waals surface area contributed by atoms with Crippen molar-refractivity contribution in [3.8, 4) is 0 Å². The number of aliphatic hydroxyl groups is 4. The van der Waals surface area contributed by atoms with Crippen molar-refractivity contribution in [1.29, 1.82) is 0 Å². The Morgan fingerprint density at radius 2 is 1.63 bits per heavy atom. The van der Waals surface area contributed by atoms with Crippen LogP contribution >= 0.6 is 0 Å². The Hall–Kier alpha value is -0.680. The van der Waals surface area contributed by atoms with E-state index in [-0.39, 0.29) is 17.8 Å². The van der Waals surface area contributed by atoms with Gasteiger partial charge in [0.25, 0.3) is 0 Å². The molecule has 0 aromatic heterocycles. The van der Waals surface area contributed by atoms with Gasteiger partial charge in [0.1, 0.15) is 0 Å². The number of fused-ring (bicyclic) bond motifs is 1. The monoisotopic (exact) mass is 496 g/mol. The van der Waals surface area contributed by atoms with Gasteiger partial charge >= 0.3 is 0 Å². The molecule has 0 aromatic rings. The van der Waals surface area contributed by atoms with Crippen LogP contribution in [0, 0.1) is 23.2 Å². The topological polar surface area (TPSA) is 80.9 Å². The molecule has 0 saturated heterocycles. The molecule has 202 valence electrons. The minimum absolute atomic E-state index is 0.0674. The maximum Gasteiger partial charge on any atom is 0.0602 e. The van der Waals surface area contributed by atoms with E-state index in [9.17, 15) is 20.4 Å². The fourth-order valence-corrected chi connectivity index (χ4v) is 7.55. The fourth-order valence-electron chi connectivity index (χ4n) is 7.55. The lowest BCUT2D eigenvalue weighted by atomic mass is 9.60. The molecular weight excluding hydrogens is 436 g/mol. The second-order valence-corrected chi connectivity index (χ2v) is 12.8. The van der Waals surface area contributed by atoms with Crippen molar-refractivity contribution >= 4 is 0 Å². The number of hydrogen-bond donors (Lipinski definition) is 4. The normalized spacial score (nSPS) is 37.5. The molecule has 4 nitrogen and oxygen atoms in total. The minimum Gasteiger partial charge on any atom is -0.393 e. The van der Waals surface area contributed by atoms with Crippen LogP contribution in [-0.2, 0) is 0 Å². The van der Waals surface area contributed by atoms with Crippen LogP contribution in [-0.4, -0.2) is 43.8 Å². The standard InChI is InChI=1S/C31H54O4/c1-29(2,34)16-6-9-23(10-7-17-30(3,4)35)27-14-15-28-24(11-8-18-31(27,28)5)13-12-22-19-25(32)21-26(33)20-22/h12-13,23,25-28,32-35H,6-11,14-21H2,1-5H3/b24-13+/t25-,26-,27-,28+,31-/m1/s1/i1D3,2D3/t23-,25+,26+,27+,28-,31+/m0. The van der Waals surface area contributed by atoms with E-state index in [0.717, 1.165) is 50.5 Å². The van der Waals surface area contributed by atoms with Crippen LogP contribution < -0.4 is 0 Å². The molecule has 4 heteroatoms. The number of hydrogen-bond acceptors (Lipinski definition) is 4. The average molecular weight is 497 g/mol. The van der Waals surface area contributed by atoms with Crippen LogP contribution in [0.5, 0.6) is 0 Å². The van der Waals surface area contributed by atoms with E-state index in [1.807, 2.05) is 0 Å². The second kappa shape index (κ2) is 11.8. The van der Waals surface area contributed by atoms with Gasteiger partial charge in [-0.25, -0.2) is 0 Å². The first-order valence-corrected chi connectivity index (χ1v) is 14.0. The fraction of sp³-hybridized carbons (Fsp3) is 0.871. The van der Waals surface area contributed by atoms with Gasteiger partial charge in [0.2, 0.25) is 0 Å². The van der Waals surface area contributed by atoms with E-state index in [1.54, 1.807) is 13.8 Å². The van der Waals surface area contributed by atoms with Crippen LogP contribution in [0.15, 0.2) is 23.3 Å². The summed E-state index contributed by atoms with van der Waals surface area (Å²) in [5.74, 6) is 1.05. The number of rotatable bonds is 10. The molecule has 0 radical (unpaired) electrons. The Kier molecular flexibility index (Phi) is 7.17. The maximum absolute atomic E-state index is 10.8. The van der Waals surface area contributed by atoms with Crippen molar-refractivity contribution in [2.75, 3.05) is 0 Å². The van der Waals surface area contributed by atoms with Crippen molar-refractivity contribution in [3.63, 3.8) is 0 Å². The summed E-state index contributed by atoms with van der Waals surface area (Å²) in [5, 5.41) is 41.3. The van der Waals surface area contributed by atoms with Crippen LogP contribution in [0.2, 0.25) is 0 Å². The Labute approximate surface area is 223 Å². The van der Waals surface area contributed by atoms with E-state index in [0.29, 0.717) is 50.4 Å². The van der Waals surface area contributed by atoms with Crippen LogP contribution in [0.1, 0.15) is 133 Å². The van der Waals surface area contributed by atoms with Gasteiger partial charge in [-0.15, -0.1) is 0 Å². The van der Waals surface area contributed by atoms with Crippen molar-refractivity contribution in [3.05, 3.63) is 23.3 Å². The molecule has 3 rings (SSSR count). The van der Waals surface area contributed by atoms with Crippen LogP contribution in [0.3, 0.4) is 0 Å². The molecular formula is C31H54O4. The van der Waals surface area contributed by atoms with Gasteiger partial charge in [-0.05, 0) is 115 Å². The Morgan fingerprint density at radius 1 is 1.00 bits per heavy atom. The van der Waals surface area contributed by atoms with Crippen molar-refractivity contribution in [1.82, 2.24) is 0 Å². The molecule has 35 heavy (non-hydrogen) atoms. The molecule has 0 spiro atoms. The van der Waals surface area contributed by atoms with Gasteiger partial charge in [0.15, 0.2) is 0 Å². The molecule has 0 heterocycles. The van der Waals surface area contributed by atoms with E-state index in [4.69, 9.17) is 8.22 Å². The zero-order chi connectivity index (χ0) is 30.9. The first kappa shape index (κ1) is 21.3. The van der Waals surface area contributed by atoms with Crippen molar-refractivity contribution < 1.29 is 28.7 Å². The van der Waals surface area contributed by atoms with E-state index < -0.39 is 37.1 Å². The highest BCUT2D eigenvalue weighted by Gasteiger charge is 2.51. The highest BCUT2D eigenvalue weighted by atomic mass is 16.3. The molecule has 0 aliphatic heterocycles. The molecule has 3 aliphatic carbocycles. The molecule has 0 bridgehead atoms. The molecule has 0 amide bonds. The molecule has 0 aromatic carbocycles. The summed E-state index contributed by atoms with van der Waals surface area (Å²) in [6, 6.07) is 0. The van der Waals surface area contributed by atoms with Gasteiger partial charge in [-0.3, -0.25) is 0 Å². The average Bonchev–Trinajstić information content (AvgIpc) is 3.16. The quantitative estimate of drug-likeness (QED) is 0.280. The predicted octanol–water partition coefficient (Wildman–Crippen LogP) is 6.46. The summed E-state index contributed by atoms with van der Waals surface area (Å²) in [6.07, 6.45) is 13.4. The van der Waals surface area contributed by atoms with Gasteiger partial charge in [-0.2, -0.15) is 0 Å². The SMILES string of the molecule is [2H]C([2H])([2H])C(O)(CCC[C@@H](CCCC(C)(C)O)[C@H]1CC[C@H]2/C(=C/C=C3C[C@@H](O)C[C@H](O)C3)CCC[C@]12C)C([2H])([2H])[2H]. The van der Waals surface area contributed by atoms with Gasteiger partial charge < -0.3 is 20.4 Å². The maximum atomic E-state index is 10.8. The third-order valence-electron chi connectivity index (χ3n) is 9.16. The Morgan fingerprint density at radius 3 is 2.23 bits per heavy atom. The summed E-state index contributed by atoms with van der Waals surface area (Å²) in [4.78, 5) is 0. The zero-order valence-corrected chi connectivity index (χ0v) is 22.2. The molecule has 4 N–H and O–H groups in total. The van der Waals surface area contributed by atoms with E-state index >= 15 is 0 Å². The van der Waals surface area contributed by atoms with Crippen LogP contribution in [0.25, 0.3) is 0 Å². The second-order valence-electron chi connectivity index (χ2n) is 12.8. The summed E-state index contributed by atoms with van der Waals surface area (Å²) in [5.41, 5.74) is -0.917. The molecule has 6 atom stereocenters. The summed E-state index contributed by atoms with van der Waals surface area (Å²) >= 11 is 0. The Balaban J connectivity index is 1.79. The van der Waals surface area contributed by atoms with Gasteiger partial charge in [-0.1, -0.05) is 55.9 Å². The molecule has 3 saturated carbocycles. The van der Waals surface area contributed by atoms with Gasteiger partial charge in [0.05, 0.1) is 23.4 Å². The minimum atomic E-state index is -3.00. The van der Waals surface area contributed by atoms with Gasteiger partial charge in [0, 0.05) is 8.22 Å². The molecule has 0 unspecified atom stereocenters. The lowest BCUT2D eigenvalue weighted by Gasteiger charge is -2.45. The first-order valence-electron chi connectivity index (χ1n) is 17.0. The molecule has 3 aliphatic rings. The number of aliphatic hydroxyl groups excluding tert-OH is 2. The summed E-state index contributed by atoms with van der Waals surface area (Å²) in [6.45, 7) is -0.00654. The lowest BCUT2D eigenvalue weighted by molar-refractivity contribution is 0.0479. The van der Waals surface area contributed by atoms with E-state index in [1.165, 1.54) is 5.57 Å². The summed E-state index contributed by atoms with van der Waals surface area (Å²) < 4.78 is 46.4. The lowest BCUT2D eigenvalue weighted by Crippen LogP contribution is -2.37. The number of allylic oxidation sites excluding steroid dienone is 3. The third kappa shape index (κ3) is 8.42. The van der Waals surface area contributed by atoms with E-state index in [2.05, 4.69) is 19.1 Å². The third-order valence-corrected chi connectivity index (χ3v) is 9.16.